The van der Waals surface area contributed by atoms with Crippen molar-refractivity contribution in [3.05, 3.63) is 47.0 Å². The van der Waals surface area contributed by atoms with Gasteiger partial charge in [0.1, 0.15) is 6.07 Å². The molecule has 0 aliphatic heterocycles. The van der Waals surface area contributed by atoms with E-state index in [9.17, 15) is 0 Å². The van der Waals surface area contributed by atoms with Gasteiger partial charge in [-0.15, -0.1) is 0 Å². The van der Waals surface area contributed by atoms with Gasteiger partial charge in [0, 0.05) is 22.2 Å². The predicted octanol–water partition coefficient (Wildman–Crippen LogP) is 4.27. The zero-order valence-corrected chi connectivity index (χ0v) is 12.4. The Hall–Kier alpha value is -2.38. The zero-order chi connectivity index (χ0) is 15.0. The van der Waals surface area contributed by atoms with E-state index in [-0.39, 0.29) is 5.69 Å². The molecule has 0 aliphatic carbocycles. The van der Waals surface area contributed by atoms with E-state index in [1.807, 2.05) is 18.2 Å². The quantitative estimate of drug-likeness (QED) is 0.768. The first-order valence-electron chi connectivity index (χ1n) is 6.63. The largest absolute Gasteiger partial charge is 0.358 e. The highest BCUT2D eigenvalue weighted by Crippen LogP contribution is 2.32. The topological polar surface area (TPSA) is 65.4 Å². The van der Waals surface area contributed by atoms with E-state index < -0.39 is 0 Å². The average Bonchev–Trinajstić information content (AvgIpc) is 2.89. The molecule has 0 radical (unpaired) electrons. The monoisotopic (exact) mass is 296 g/mol. The van der Waals surface area contributed by atoms with Gasteiger partial charge in [0.25, 0.3) is 0 Å². The van der Waals surface area contributed by atoms with Crippen LogP contribution in [-0.2, 0) is 0 Å². The number of rotatable bonds is 2. The van der Waals surface area contributed by atoms with Crippen LogP contribution in [0.15, 0.2) is 30.6 Å². The predicted molar refractivity (Wildman–Crippen MR) is 83.1 cm³/mol. The maximum atomic E-state index is 8.77. The summed E-state index contributed by atoms with van der Waals surface area (Å²) >= 11 is 6.35. The molecule has 2 heterocycles. The summed E-state index contributed by atoms with van der Waals surface area (Å²) in [6.45, 7) is 4.28. The highest BCUT2D eigenvalue weighted by molar-refractivity contribution is 6.34. The van der Waals surface area contributed by atoms with Crippen LogP contribution in [0.25, 0.3) is 22.2 Å². The van der Waals surface area contributed by atoms with E-state index >= 15 is 0 Å². The SMILES string of the molecule is CC(C)c1cc2cc(Cl)c(-c3cnc(C#N)cn3)cc2[nH]1. The van der Waals surface area contributed by atoms with Crippen LogP contribution in [0.2, 0.25) is 5.02 Å². The molecule has 5 heteroatoms. The number of hydrogen-bond donors (Lipinski definition) is 1. The van der Waals surface area contributed by atoms with Gasteiger partial charge in [-0.05, 0) is 24.1 Å². The van der Waals surface area contributed by atoms with E-state index in [0.717, 1.165) is 16.5 Å². The highest BCUT2D eigenvalue weighted by atomic mass is 35.5. The van der Waals surface area contributed by atoms with Gasteiger partial charge in [-0.3, -0.25) is 4.98 Å². The molecular formula is C16H13ClN4. The van der Waals surface area contributed by atoms with Crippen molar-refractivity contribution in [2.45, 2.75) is 19.8 Å². The van der Waals surface area contributed by atoms with E-state index in [1.54, 1.807) is 6.20 Å². The lowest BCUT2D eigenvalue weighted by atomic mass is 10.1. The lowest BCUT2D eigenvalue weighted by Gasteiger charge is -2.04. The number of aromatic amines is 1. The molecule has 1 N–H and O–H groups in total. The summed E-state index contributed by atoms with van der Waals surface area (Å²) in [7, 11) is 0. The minimum absolute atomic E-state index is 0.290. The molecule has 0 unspecified atom stereocenters. The Morgan fingerprint density at radius 3 is 2.62 bits per heavy atom. The number of nitrogens with one attached hydrogen (secondary N) is 1. The molecule has 1 aromatic carbocycles. The first-order chi connectivity index (χ1) is 10.1. The first-order valence-corrected chi connectivity index (χ1v) is 7.01. The second-order valence-corrected chi connectivity index (χ2v) is 5.60. The number of benzene rings is 1. The summed E-state index contributed by atoms with van der Waals surface area (Å²) < 4.78 is 0. The van der Waals surface area contributed by atoms with Crippen molar-refractivity contribution in [3.8, 4) is 17.3 Å². The lowest BCUT2D eigenvalue weighted by Crippen LogP contribution is -1.90. The number of nitriles is 1. The van der Waals surface area contributed by atoms with Crippen molar-refractivity contribution in [2.75, 3.05) is 0 Å². The Kier molecular flexibility index (Phi) is 3.36. The number of nitrogens with zero attached hydrogens (tertiary/aromatic N) is 3. The molecule has 0 saturated carbocycles. The van der Waals surface area contributed by atoms with Crippen molar-refractivity contribution >= 4 is 22.5 Å². The zero-order valence-electron chi connectivity index (χ0n) is 11.7. The molecule has 21 heavy (non-hydrogen) atoms. The summed E-state index contributed by atoms with van der Waals surface area (Å²) in [5, 5.41) is 10.5. The van der Waals surface area contributed by atoms with E-state index in [2.05, 4.69) is 34.9 Å². The van der Waals surface area contributed by atoms with Gasteiger partial charge < -0.3 is 4.98 Å². The van der Waals surface area contributed by atoms with Crippen molar-refractivity contribution in [2.24, 2.45) is 0 Å². The van der Waals surface area contributed by atoms with E-state index in [0.29, 0.717) is 16.6 Å². The molecule has 0 saturated heterocycles. The summed E-state index contributed by atoms with van der Waals surface area (Å²) in [5.41, 5.74) is 3.94. The van der Waals surface area contributed by atoms with Crippen molar-refractivity contribution in [1.82, 2.24) is 15.0 Å². The highest BCUT2D eigenvalue weighted by Gasteiger charge is 2.11. The average molecular weight is 297 g/mol. The second-order valence-electron chi connectivity index (χ2n) is 5.20. The molecule has 0 aliphatic rings. The summed E-state index contributed by atoms with van der Waals surface area (Å²) in [6, 6.07) is 7.96. The smallest absolute Gasteiger partial charge is 0.158 e. The number of halogens is 1. The molecule has 0 amide bonds. The van der Waals surface area contributed by atoms with Gasteiger partial charge in [-0.1, -0.05) is 25.4 Å². The van der Waals surface area contributed by atoms with Gasteiger partial charge in [0.15, 0.2) is 5.69 Å². The van der Waals surface area contributed by atoms with Crippen molar-refractivity contribution in [1.29, 1.82) is 5.26 Å². The van der Waals surface area contributed by atoms with Crippen LogP contribution in [0, 0.1) is 11.3 Å². The van der Waals surface area contributed by atoms with Crippen LogP contribution in [-0.4, -0.2) is 15.0 Å². The molecule has 3 aromatic rings. The van der Waals surface area contributed by atoms with E-state index in [4.69, 9.17) is 16.9 Å². The Morgan fingerprint density at radius 1 is 1.19 bits per heavy atom. The van der Waals surface area contributed by atoms with Crippen LogP contribution in [0.4, 0.5) is 0 Å². The Morgan fingerprint density at radius 2 is 2.00 bits per heavy atom. The molecule has 0 atom stereocenters. The van der Waals surface area contributed by atoms with Crippen LogP contribution in [0.3, 0.4) is 0 Å². The summed E-state index contributed by atoms with van der Waals surface area (Å²) in [6.07, 6.45) is 3.02. The minimum Gasteiger partial charge on any atom is -0.358 e. The third-order valence-electron chi connectivity index (χ3n) is 3.39. The summed E-state index contributed by atoms with van der Waals surface area (Å²) in [4.78, 5) is 11.7. The molecule has 4 nitrogen and oxygen atoms in total. The Bertz CT molecular complexity index is 841. The molecule has 0 spiro atoms. The van der Waals surface area contributed by atoms with Crippen LogP contribution >= 0.6 is 11.6 Å². The van der Waals surface area contributed by atoms with E-state index in [1.165, 1.54) is 11.9 Å². The fourth-order valence-corrected chi connectivity index (χ4v) is 2.48. The number of fused-ring (bicyclic) bond motifs is 1. The normalized spacial score (nSPS) is 11.0. The van der Waals surface area contributed by atoms with Gasteiger partial charge in [-0.25, -0.2) is 4.98 Å². The second kappa shape index (κ2) is 5.19. The Labute approximate surface area is 127 Å². The minimum atomic E-state index is 0.290. The molecule has 0 bridgehead atoms. The van der Waals surface area contributed by atoms with Gasteiger partial charge in [0.05, 0.1) is 23.1 Å². The molecule has 0 fully saturated rings. The number of aromatic nitrogens is 3. The third-order valence-corrected chi connectivity index (χ3v) is 3.71. The first kappa shape index (κ1) is 13.6. The Balaban J connectivity index is 2.13. The summed E-state index contributed by atoms with van der Waals surface area (Å²) in [5.74, 6) is 0.425. The number of hydrogen-bond acceptors (Lipinski definition) is 3. The van der Waals surface area contributed by atoms with Gasteiger partial charge >= 0.3 is 0 Å². The van der Waals surface area contributed by atoms with Crippen LogP contribution in [0.1, 0.15) is 31.2 Å². The number of H-pyrrole nitrogens is 1. The maximum Gasteiger partial charge on any atom is 0.158 e. The van der Waals surface area contributed by atoms with Gasteiger partial charge in [0.2, 0.25) is 0 Å². The van der Waals surface area contributed by atoms with Crippen molar-refractivity contribution in [3.63, 3.8) is 0 Å². The lowest BCUT2D eigenvalue weighted by molar-refractivity contribution is 0.836. The van der Waals surface area contributed by atoms with Crippen LogP contribution in [0.5, 0.6) is 0 Å². The van der Waals surface area contributed by atoms with Crippen LogP contribution < -0.4 is 0 Å². The maximum absolute atomic E-state index is 8.77. The molecule has 2 aromatic heterocycles. The van der Waals surface area contributed by atoms with Gasteiger partial charge in [-0.2, -0.15) is 5.26 Å². The van der Waals surface area contributed by atoms with Crippen molar-refractivity contribution < 1.29 is 0 Å². The molecular weight excluding hydrogens is 284 g/mol. The fourth-order valence-electron chi connectivity index (χ4n) is 2.21. The molecule has 104 valence electrons. The fraction of sp³-hybridized carbons (Fsp3) is 0.188. The standard InChI is InChI=1S/C16H13ClN4/c1-9(2)14-4-10-3-13(17)12(5-15(10)21-14)16-8-19-11(6-18)7-20-16/h3-5,7-9,21H,1-2H3. The third kappa shape index (κ3) is 2.48. The molecule has 3 rings (SSSR count).